The Morgan fingerprint density at radius 3 is 2.64 bits per heavy atom. The molecular weight excluding hydrogens is 314 g/mol. The number of fused-ring (bicyclic) bond motifs is 1. The molecule has 0 saturated heterocycles. The lowest BCUT2D eigenvalue weighted by molar-refractivity contribution is 0.415. The van der Waals surface area contributed by atoms with Gasteiger partial charge in [0, 0.05) is 18.1 Å². The minimum Gasteiger partial charge on any atom is -0.497 e. The van der Waals surface area contributed by atoms with E-state index in [1.807, 2.05) is 66.1 Å². The number of aromatic nitrogens is 4. The summed E-state index contributed by atoms with van der Waals surface area (Å²) in [5.74, 6) is 1.34. The number of benzene rings is 1. The fraction of sp³-hybridized carbons (Fsp3) is 0.105. The lowest BCUT2D eigenvalue weighted by Crippen LogP contribution is -1.99. The number of rotatable bonds is 4. The van der Waals surface area contributed by atoms with Gasteiger partial charge in [-0.1, -0.05) is 6.07 Å². The van der Waals surface area contributed by atoms with Gasteiger partial charge in [0.1, 0.15) is 11.4 Å². The average molecular weight is 331 g/mol. The normalized spacial score (nSPS) is 10.8. The van der Waals surface area contributed by atoms with Gasteiger partial charge in [-0.2, -0.15) is 0 Å². The molecule has 6 nitrogen and oxygen atoms in total. The maximum atomic E-state index is 5.17. The quantitative estimate of drug-likeness (QED) is 0.615. The molecule has 0 unspecified atom stereocenters. The van der Waals surface area contributed by atoms with Crippen molar-refractivity contribution in [3.05, 3.63) is 66.6 Å². The van der Waals surface area contributed by atoms with E-state index in [1.54, 1.807) is 13.3 Å². The van der Waals surface area contributed by atoms with Crippen molar-refractivity contribution in [1.82, 2.24) is 19.4 Å². The first-order valence-electron chi connectivity index (χ1n) is 7.93. The summed E-state index contributed by atoms with van der Waals surface area (Å²) in [6.07, 6.45) is 3.74. The molecule has 1 aromatic carbocycles. The number of aryl methyl sites for hydroxylation is 1. The highest BCUT2D eigenvalue weighted by Crippen LogP contribution is 2.24. The molecule has 124 valence electrons. The van der Waals surface area contributed by atoms with Gasteiger partial charge in [0.2, 0.25) is 5.95 Å². The van der Waals surface area contributed by atoms with Gasteiger partial charge in [0.15, 0.2) is 0 Å². The minimum atomic E-state index is 0.535. The average Bonchev–Trinajstić information content (AvgIpc) is 2.98. The molecule has 0 saturated carbocycles. The van der Waals surface area contributed by atoms with Gasteiger partial charge in [-0.3, -0.25) is 4.40 Å². The summed E-state index contributed by atoms with van der Waals surface area (Å²) in [6, 6.07) is 15.5. The molecule has 0 aliphatic heterocycles. The molecule has 0 aliphatic rings. The van der Waals surface area contributed by atoms with Gasteiger partial charge >= 0.3 is 0 Å². The van der Waals surface area contributed by atoms with Crippen LogP contribution in [0.1, 0.15) is 5.69 Å². The first-order valence-corrected chi connectivity index (χ1v) is 7.93. The van der Waals surface area contributed by atoms with Crippen LogP contribution in [0.25, 0.3) is 17.0 Å². The van der Waals surface area contributed by atoms with Gasteiger partial charge < -0.3 is 10.1 Å². The molecule has 25 heavy (non-hydrogen) atoms. The Hall–Kier alpha value is -3.41. The molecule has 0 aliphatic carbocycles. The number of hydrogen-bond donors (Lipinski definition) is 1. The third-order valence-electron chi connectivity index (χ3n) is 3.95. The lowest BCUT2D eigenvalue weighted by Gasteiger charge is -2.08. The maximum absolute atomic E-state index is 5.17. The highest BCUT2D eigenvalue weighted by Gasteiger charge is 2.12. The van der Waals surface area contributed by atoms with Crippen LogP contribution < -0.4 is 10.1 Å². The Morgan fingerprint density at radius 1 is 1.00 bits per heavy atom. The van der Waals surface area contributed by atoms with E-state index >= 15 is 0 Å². The van der Waals surface area contributed by atoms with E-state index in [1.165, 1.54) is 0 Å². The van der Waals surface area contributed by atoms with Crippen LogP contribution in [-0.2, 0) is 0 Å². The second-order valence-electron chi connectivity index (χ2n) is 5.59. The molecule has 0 atom stereocenters. The Morgan fingerprint density at radius 2 is 1.84 bits per heavy atom. The van der Waals surface area contributed by atoms with Gasteiger partial charge in [-0.05, 0) is 49.4 Å². The second-order valence-corrected chi connectivity index (χ2v) is 5.59. The largest absolute Gasteiger partial charge is 0.497 e. The van der Waals surface area contributed by atoms with Crippen LogP contribution in [0.15, 0.2) is 60.9 Å². The molecule has 4 aromatic rings. The van der Waals surface area contributed by atoms with E-state index in [2.05, 4.69) is 20.3 Å². The summed E-state index contributed by atoms with van der Waals surface area (Å²) < 4.78 is 7.21. The van der Waals surface area contributed by atoms with Crippen LogP contribution >= 0.6 is 0 Å². The van der Waals surface area contributed by atoms with Crippen LogP contribution in [0.3, 0.4) is 0 Å². The standard InChI is InChI=1S/C19H17N5O/c1-13-18(24-12-4-3-5-17(24)21-13)16-10-11-20-19(23-16)22-14-6-8-15(25-2)9-7-14/h3-12H,1-2H3,(H,20,22,23). The van der Waals surface area contributed by atoms with Crippen LogP contribution in [0, 0.1) is 6.92 Å². The van der Waals surface area contributed by atoms with Crippen molar-refractivity contribution < 1.29 is 4.74 Å². The number of pyridine rings is 1. The summed E-state index contributed by atoms with van der Waals surface area (Å²) in [4.78, 5) is 13.6. The predicted molar refractivity (Wildman–Crippen MR) is 97.2 cm³/mol. The zero-order chi connectivity index (χ0) is 17.2. The Kier molecular flexibility index (Phi) is 3.78. The summed E-state index contributed by atoms with van der Waals surface area (Å²) in [6.45, 7) is 1.99. The zero-order valence-electron chi connectivity index (χ0n) is 14.0. The minimum absolute atomic E-state index is 0.535. The Balaban J connectivity index is 1.70. The third kappa shape index (κ3) is 2.89. The monoisotopic (exact) mass is 331 g/mol. The lowest BCUT2D eigenvalue weighted by atomic mass is 10.2. The number of methoxy groups -OCH3 is 1. The summed E-state index contributed by atoms with van der Waals surface area (Å²) >= 11 is 0. The van der Waals surface area contributed by atoms with Crippen LogP contribution in [0.2, 0.25) is 0 Å². The van der Waals surface area contributed by atoms with E-state index in [9.17, 15) is 0 Å². The molecule has 1 N–H and O–H groups in total. The summed E-state index contributed by atoms with van der Waals surface area (Å²) in [7, 11) is 1.65. The van der Waals surface area contributed by atoms with E-state index in [0.717, 1.165) is 34.2 Å². The SMILES string of the molecule is COc1ccc(Nc2nccc(-c3c(C)nc4ccccn34)n2)cc1. The summed E-state index contributed by atoms with van der Waals surface area (Å²) in [5.41, 5.74) is 4.52. The van der Waals surface area contributed by atoms with Crippen molar-refractivity contribution in [2.75, 3.05) is 12.4 Å². The highest BCUT2D eigenvalue weighted by molar-refractivity contribution is 5.65. The molecule has 0 spiro atoms. The fourth-order valence-electron chi connectivity index (χ4n) is 2.78. The first kappa shape index (κ1) is 15.1. The van der Waals surface area contributed by atoms with Crippen LogP contribution in [0.5, 0.6) is 5.75 Å². The fourth-order valence-corrected chi connectivity index (χ4v) is 2.78. The number of hydrogen-bond acceptors (Lipinski definition) is 5. The first-order chi connectivity index (χ1) is 12.2. The van der Waals surface area contributed by atoms with Crippen molar-refractivity contribution in [3.63, 3.8) is 0 Å². The topological polar surface area (TPSA) is 64.3 Å². The zero-order valence-corrected chi connectivity index (χ0v) is 14.0. The van der Waals surface area contributed by atoms with Gasteiger partial charge in [0.25, 0.3) is 0 Å². The molecular formula is C19H17N5O. The number of nitrogens with zero attached hydrogens (tertiary/aromatic N) is 4. The molecule has 0 radical (unpaired) electrons. The second kappa shape index (κ2) is 6.24. The highest BCUT2D eigenvalue weighted by atomic mass is 16.5. The van der Waals surface area contributed by atoms with E-state index in [0.29, 0.717) is 5.95 Å². The number of anilines is 2. The van der Waals surface area contributed by atoms with Crippen molar-refractivity contribution in [2.24, 2.45) is 0 Å². The van der Waals surface area contributed by atoms with Gasteiger partial charge in [0.05, 0.1) is 24.2 Å². The van der Waals surface area contributed by atoms with Crippen molar-refractivity contribution in [2.45, 2.75) is 6.92 Å². The smallest absolute Gasteiger partial charge is 0.227 e. The Labute approximate surface area is 145 Å². The predicted octanol–water partition coefficient (Wildman–Crippen LogP) is 3.85. The van der Waals surface area contributed by atoms with E-state index < -0.39 is 0 Å². The van der Waals surface area contributed by atoms with E-state index in [-0.39, 0.29) is 0 Å². The Bertz CT molecular complexity index is 1020. The molecule has 0 amide bonds. The number of nitrogens with one attached hydrogen (secondary N) is 1. The number of imidazole rings is 1. The molecule has 3 heterocycles. The number of ether oxygens (including phenoxy) is 1. The maximum Gasteiger partial charge on any atom is 0.227 e. The van der Waals surface area contributed by atoms with Crippen molar-refractivity contribution in [3.8, 4) is 17.1 Å². The van der Waals surface area contributed by atoms with Crippen LogP contribution in [-0.4, -0.2) is 26.5 Å². The molecule has 0 fully saturated rings. The molecule has 3 aromatic heterocycles. The van der Waals surface area contributed by atoms with E-state index in [4.69, 9.17) is 4.74 Å². The molecule has 0 bridgehead atoms. The summed E-state index contributed by atoms with van der Waals surface area (Å²) in [5, 5.41) is 3.22. The van der Waals surface area contributed by atoms with Crippen molar-refractivity contribution >= 4 is 17.3 Å². The van der Waals surface area contributed by atoms with Crippen molar-refractivity contribution in [1.29, 1.82) is 0 Å². The third-order valence-corrected chi connectivity index (χ3v) is 3.95. The van der Waals surface area contributed by atoms with Gasteiger partial charge in [-0.25, -0.2) is 15.0 Å². The molecule has 4 rings (SSSR count). The van der Waals surface area contributed by atoms with Gasteiger partial charge in [-0.15, -0.1) is 0 Å². The van der Waals surface area contributed by atoms with Crippen LogP contribution in [0.4, 0.5) is 11.6 Å². The molecule has 6 heteroatoms.